The van der Waals surface area contributed by atoms with E-state index in [0.29, 0.717) is 0 Å². The maximum absolute atomic E-state index is 9.90. The molecule has 0 aliphatic heterocycles. The average Bonchev–Trinajstić information content (AvgIpc) is 2.26. The van der Waals surface area contributed by atoms with Gasteiger partial charge in [-0.1, -0.05) is 26.5 Å². The van der Waals surface area contributed by atoms with E-state index in [9.17, 15) is 5.11 Å². The molecule has 0 fully saturated rings. The zero-order valence-corrected chi connectivity index (χ0v) is 16.5. The Balaban J connectivity index is -0.000000101. The minimum Gasteiger partial charge on any atom is -1.00 e. The first-order valence-electron chi connectivity index (χ1n) is 7.30. The molecule has 0 amide bonds. The highest BCUT2D eigenvalue weighted by molar-refractivity contribution is 5.82. The molecule has 0 aliphatic rings. The van der Waals surface area contributed by atoms with Gasteiger partial charge in [0.1, 0.15) is 0 Å². The topological polar surface area (TPSA) is 35.4 Å². The van der Waals surface area contributed by atoms with E-state index in [1.54, 1.807) is 0 Å². The lowest BCUT2D eigenvalue weighted by atomic mass is 10.4. The van der Waals surface area contributed by atoms with Crippen molar-refractivity contribution in [3.63, 3.8) is 0 Å². The predicted octanol–water partition coefficient (Wildman–Crippen LogP) is -1.23. The SMILES string of the molecule is C=CC([O-])=NC.CCC[N+](C)(C)C.CCC[N+](C)(C)C.[Cl-]. The molecule has 0 unspecified atom stereocenters. The fraction of sp³-hybridized carbons (Fsp3) is 0.812. The van der Waals surface area contributed by atoms with Gasteiger partial charge in [0.25, 0.3) is 0 Å². The predicted molar refractivity (Wildman–Crippen MR) is 89.9 cm³/mol. The Hall–Kier alpha value is -0.580. The molecule has 0 aromatic carbocycles. The lowest BCUT2D eigenvalue weighted by molar-refractivity contribution is -0.870. The van der Waals surface area contributed by atoms with Crippen LogP contribution in [0.3, 0.4) is 0 Å². The molecular formula is C16H38ClN3O. The highest BCUT2D eigenvalue weighted by Gasteiger charge is 2.01. The molecule has 21 heavy (non-hydrogen) atoms. The fourth-order valence-corrected chi connectivity index (χ4v) is 1.43. The molecule has 5 heteroatoms. The summed E-state index contributed by atoms with van der Waals surface area (Å²) in [6.07, 6.45) is 3.73. The van der Waals surface area contributed by atoms with E-state index in [4.69, 9.17) is 0 Å². The van der Waals surface area contributed by atoms with Crippen LogP contribution in [0.5, 0.6) is 0 Å². The molecule has 0 rings (SSSR count). The summed E-state index contributed by atoms with van der Waals surface area (Å²) in [5.41, 5.74) is 0. The van der Waals surface area contributed by atoms with E-state index in [1.807, 2.05) is 0 Å². The van der Waals surface area contributed by atoms with Crippen molar-refractivity contribution in [2.45, 2.75) is 26.7 Å². The van der Waals surface area contributed by atoms with Crippen LogP contribution in [0.4, 0.5) is 0 Å². The molecule has 0 aromatic heterocycles. The van der Waals surface area contributed by atoms with E-state index < -0.39 is 0 Å². The van der Waals surface area contributed by atoms with Gasteiger partial charge < -0.3 is 31.5 Å². The van der Waals surface area contributed by atoms with Gasteiger partial charge in [-0.2, -0.15) is 0 Å². The van der Waals surface area contributed by atoms with Crippen LogP contribution in [-0.4, -0.2) is 77.3 Å². The van der Waals surface area contributed by atoms with E-state index in [2.05, 4.69) is 67.7 Å². The normalized spacial score (nSPS) is 11.2. The van der Waals surface area contributed by atoms with Crippen molar-refractivity contribution in [1.82, 2.24) is 0 Å². The second-order valence-corrected chi connectivity index (χ2v) is 6.79. The minimum absolute atomic E-state index is 0. The molecule has 0 heterocycles. The third kappa shape index (κ3) is 45.2. The molecule has 4 nitrogen and oxygen atoms in total. The first-order valence-corrected chi connectivity index (χ1v) is 7.30. The maximum atomic E-state index is 9.90. The third-order valence-electron chi connectivity index (χ3n) is 2.18. The van der Waals surface area contributed by atoms with E-state index in [-0.39, 0.29) is 18.3 Å². The molecule has 0 spiro atoms. The van der Waals surface area contributed by atoms with Crippen molar-refractivity contribution in [2.75, 3.05) is 62.4 Å². The van der Waals surface area contributed by atoms with E-state index >= 15 is 0 Å². The van der Waals surface area contributed by atoms with E-state index in [1.165, 1.54) is 39.1 Å². The zero-order valence-electron chi connectivity index (χ0n) is 15.7. The molecule has 0 saturated carbocycles. The first kappa shape index (κ1) is 28.6. The van der Waals surface area contributed by atoms with Gasteiger partial charge in [0.05, 0.1) is 55.4 Å². The second-order valence-electron chi connectivity index (χ2n) is 6.79. The molecule has 0 atom stereocenters. The Labute approximate surface area is 139 Å². The summed E-state index contributed by atoms with van der Waals surface area (Å²) in [5.74, 6) is -0.269. The van der Waals surface area contributed by atoms with Crippen molar-refractivity contribution in [1.29, 1.82) is 0 Å². The van der Waals surface area contributed by atoms with Crippen molar-refractivity contribution in [3.8, 4) is 0 Å². The highest BCUT2D eigenvalue weighted by atomic mass is 35.5. The smallest absolute Gasteiger partial charge is 0.0777 e. The molecule has 0 bridgehead atoms. The number of quaternary nitrogens is 2. The van der Waals surface area contributed by atoms with Crippen LogP contribution in [0.15, 0.2) is 17.6 Å². The minimum atomic E-state index is -0.269. The van der Waals surface area contributed by atoms with Crippen LogP contribution in [0, 0.1) is 0 Å². The van der Waals surface area contributed by atoms with Crippen molar-refractivity contribution < 1.29 is 26.5 Å². The van der Waals surface area contributed by atoms with Crippen LogP contribution < -0.4 is 17.5 Å². The van der Waals surface area contributed by atoms with Gasteiger partial charge in [-0.05, 0) is 18.7 Å². The number of nitrogens with zero attached hydrogens (tertiary/aromatic N) is 3. The highest BCUT2D eigenvalue weighted by Crippen LogP contribution is 1.90. The standard InChI is InChI=1S/2C6H16N.C4H7NO.ClH/c2*1-5-6-7(2,3)4;1-3-4(6)5-2;/h2*5-6H2,1-4H3;3H,1H2,2H3,(H,5,6);1H/q2*+1;;/p-2. The quantitative estimate of drug-likeness (QED) is 0.354. The van der Waals surface area contributed by atoms with Gasteiger partial charge in [0, 0.05) is 7.05 Å². The van der Waals surface area contributed by atoms with Crippen LogP contribution in [0.1, 0.15) is 26.7 Å². The number of rotatable bonds is 5. The number of aliphatic imine (C=N–C) groups is 1. The molecule has 130 valence electrons. The summed E-state index contributed by atoms with van der Waals surface area (Å²) in [7, 11) is 14.7. The van der Waals surface area contributed by atoms with Gasteiger partial charge in [-0.15, -0.1) is 0 Å². The Morgan fingerprint density at radius 3 is 1.24 bits per heavy atom. The molecule has 0 aliphatic carbocycles. The summed E-state index contributed by atoms with van der Waals surface area (Å²) in [6, 6.07) is 0. The third-order valence-corrected chi connectivity index (χ3v) is 2.18. The van der Waals surface area contributed by atoms with Crippen LogP contribution >= 0.6 is 0 Å². The summed E-state index contributed by atoms with van der Waals surface area (Å²) in [4.78, 5) is 3.25. The molecule has 0 radical (unpaired) electrons. The number of hydrogen-bond acceptors (Lipinski definition) is 2. The van der Waals surface area contributed by atoms with Crippen LogP contribution in [-0.2, 0) is 0 Å². The monoisotopic (exact) mass is 323 g/mol. The summed E-state index contributed by atoms with van der Waals surface area (Å²) < 4.78 is 2.19. The number of halogens is 1. The molecule has 0 N–H and O–H groups in total. The van der Waals surface area contributed by atoms with Gasteiger partial charge >= 0.3 is 0 Å². The molecule has 0 aromatic rings. The Morgan fingerprint density at radius 1 is 0.952 bits per heavy atom. The summed E-state index contributed by atoms with van der Waals surface area (Å²) >= 11 is 0. The lowest BCUT2D eigenvalue weighted by Gasteiger charge is -2.22. The van der Waals surface area contributed by atoms with E-state index in [0.717, 1.165) is 8.97 Å². The van der Waals surface area contributed by atoms with Gasteiger partial charge in [0.15, 0.2) is 0 Å². The molecular weight excluding hydrogens is 286 g/mol. The second kappa shape index (κ2) is 15.8. The maximum Gasteiger partial charge on any atom is 0.0777 e. The Kier molecular flexibility index (Phi) is 21.5. The molecule has 0 saturated heterocycles. The van der Waals surface area contributed by atoms with Gasteiger partial charge in [-0.25, -0.2) is 0 Å². The van der Waals surface area contributed by atoms with Gasteiger partial charge in [-0.3, -0.25) is 0 Å². The van der Waals surface area contributed by atoms with Crippen molar-refractivity contribution in [3.05, 3.63) is 12.7 Å². The fourth-order valence-electron chi connectivity index (χ4n) is 1.43. The Bertz CT molecular complexity index is 237. The van der Waals surface area contributed by atoms with Crippen molar-refractivity contribution >= 4 is 5.90 Å². The van der Waals surface area contributed by atoms with Crippen molar-refractivity contribution in [2.24, 2.45) is 4.99 Å². The first-order chi connectivity index (χ1) is 8.93. The largest absolute Gasteiger partial charge is 1.00 e. The van der Waals surface area contributed by atoms with Crippen LogP contribution in [0.25, 0.3) is 0 Å². The zero-order chi connectivity index (χ0) is 16.8. The lowest BCUT2D eigenvalue weighted by Crippen LogP contribution is -3.00. The number of hydrogen-bond donors (Lipinski definition) is 0. The summed E-state index contributed by atoms with van der Waals surface area (Å²) in [6.45, 7) is 10.2. The van der Waals surface area contributed by atoms with Crippen LogP contribution in [0.2, 0.25) is 0 Å². The average molecular weight is 324 g/mol. The Morgan fingerprint density at radius 2 is 1.24 bits per heavy atom. The summed E-state index contributed by atoms with van der Waals surface area (Å²) in [5, 5.41) is 9.90. The van der Waals surface area contributed by atoms with Gasteiger partial charge in [0.2, 0.25) is 0 Å².